The molecule has 126 valence electrons. The molecule has 3 saturated heterocycles. The molecule has 22 heavy (non-hydrogen) atoms. The van der Waals surface area contributed by atoms with Gasteiger partial charge in [-0.3, -0.25) is 4.90 Å². The zero-order valence-electron chi connectivity index (χ0n) is 13.2. The van der Waals surface area contributed by atoms with Crippen molar-refractivity contribution in [2.45, 2.75) is 38.1 Å². The first-order chi connectivity index (χ1) is 10.5. The molecule has 1 N–H and O–H groups in total. The molecule has 0 radical (unpaired) electrons. The summed E-state index contributed by atoms with van der Waals surface area (Å²) in [7, 11) is -2.86. The lowest BCUT2D eigenvalue weighted by atomic mass is 10.0. The fourth-order valence-electron chi connectivity index (χ4n) is 3.92. The summed E-state index contributed by atoms with van der Waals surface area (Å²) in [5.74, 6) is 0.589. The van der Waals surface area contributed by atoms with Gasteiger partial charge in [-0.05, 0) is 51.1 Å². The molecule has 0 aromatic heterocycles. The first kappa shape index (κ1) is 16.1. The van der Waals surface area contributed by atoms with Crippen molar-refractivity contribution in [3.63, 3.8) is 0 Å². The molecular formula is C15H27N3O3S. The molecule has 3 aliphatic heterocycles. The second kappa shape index (κ2) is 6.74. The van der Waals surface area contributed by atoms with Crippen LogP contribution >= 0.6 is 0 Å². The van der Waals surface area contributed by atoms with E-state index in [0.717, 1.165) is 19.5 Å². The zero-order chi connectivity index (χ0) is 15.6. The molecule has 0 aliphatic carbocycles. The molecule has 3 heterocycles. The molecule has 7 heteroatoms. The normalized spacial score (nSPS) is 32.3. The number of piperidine rings is 1. The largest absolute Gasteiger partial charge is 0.338 e. The number of rotatable bonds is 3. The summed E-state index contributed by atoms with van der Waals surface area (Å²) in [6.45, 7) is 4.46. The van der Waals surface area contributed by atoms with Crippen LogP contribution in [-0.2, 0) is 9.84 Å². The van der Waals surface area contributed by atoms with Crippen LogP contribution in [0.4, 0.5) is 4.79 Å². The molecule has 0 unspecified atom stereocenters. The number of hydrogen-bond acceptors (Lipinski definition) is 4. The minimum atomic E-state index is -2.86. The molecule has 2 amide bonds. The number of carbonyl (C=O) groups excluding carboxylic acids is 1. The van der Waals surface area contributed by atoms with Crippen LogP contribution in [0.15, 0.2) is 0 Å². The highest BCUT2D eigenvalue weighted by Crippen LogP contribution is 2.21. The summed E-state index contributed by atoms with van der Waals surface area (Å²) >= 11 is 0. The Morgan fingerprint density at radius 2 is 1.86 bits per heavy atom. The van der Waals surface area contributed by atoms with Crippen molar-refractivity contribution in [2.24, 2.45) is 5.92 Å². The average molecular weight is 329 g/mol. The third kappa shape index (κ3) is 3.93. The van der Waals surface area contributed by atoms with Gasteiger partial charge in [0, 0.05) is 25.7 Å². The SMILES string of the molecule is O=C(NC[C@H]1CCS(=O)(=O)C1)N1CCC[C@@H](N2CCCC2)C1. The Kier molecular flexibility index (Phi) is 4.92. The minimum Gasteiger partial charge on any atom is -0.338 e. The van der Waals surface area contributed by atoms with E-state index in [1.807, 2.05) is 4.90 Å². The topological polar surface area (TPSA) is 69.7 Å². The second-order valence-electron chi connectivity index (χ2n) is 6.94. The van der Waals surface area contributed by atoms with Gasteiger partial charge in [0.15, 0.2) is 9.84 Å². The van der Waals surface area contributed by atoms with Gasteiger partial charge in [0.1, 0.15) is 0 Å². The van der Waals surface area contributed by atoms with Gasteiger partial charge in [-0.2, -0.15) is 0 Å². The third-order valence-corrected chi connectivity index (χ3v) is 7.05. The fraction of sp³-hybridized carbons (Fsp3) is 0.933. The van der Waals surface area contributed by atoms with Gasteiger partial charge in [-0.25, -0.2) is 13.2 Å². The average Bonchev–Trinajstić information content (AvgIpc) is 3.14. The van der Waals surface area contributed by atoms with E-state index in [9.17, 15) is 13.2 Å². The number of amides is 2. The summed E-state index contributed by atoms with van der Waals surface area (Å²) < 4.78 is 22.9. The zero-order valence-corrected chi connectivity index (χ0v) is 14.0. The first-order valence-corrected chi connectivity index (χ1v) is 10.3. The van der Waals surface area contributed by atoms with Crippen molar-refractivity contribution in [2.75, 3.05) is 44.2 Å². The van der Waals surface area contributed by atoms with Gasteiger partial charge in [0.25, 0.3) is 0 Å². The molecule has 0 aromatic carbocycles. The fourth-order valence-corrected chi connectivity index (χ4v) is 5.78. The van der Waals surface area contributed by atoms with Crippen molar-refractivity contribution < 1.29 is 13.2 Å². The van der Waals surface area contributed by atoms with Crippen LogP contribution in [0.5, 0.6) is 0 Å². The number of nitrogens with one attached hydrogen (secondary N) is 1. The van der Waals surface area contributed by atoms with E-state index >= 15 is 0 Å². The van der Waals surface area contributed by atoms with Gasteiger partial charge < -0.3 is 10.2 Å². The van der Waals surface area contributed by atoms with Gasteiger partial charge in [0.05, 0.1) is 11.5 Å². The van der Waals surface area contributed by atoms with Gasteiger partial charge in [-0.15, -0.1) is 0 Å². The second-order valence-corrected chi connectivity index (χ2v) is 9.17. The van der Waals surface area contributed by atoms with Crippen molar-refractivity contribution in [3.8, 4) is 0 Å². The number of sulfone groups is 1. The molecule has 0 aromatic rings. The highest BCUT2D eigenvalue weighted by molar-refractivity contribution is 7.91. The standard InChI is InChI=1S/C15H27N3O3S/c19-15(16-10-13-5-9-22(20,21)12-13)18-8-3-4-14(11-18)17-6-1-2-7-17/h13-14H,1-12H2,(H,16,19)/t13-,14-/m1/s1. The molecule has 3 rings (SSSR count). The highest BCUT2D eigenvalue weighted by atomic mass is 32.2. The monoisotopic (exact) mass is 329 g/mol. The maximum atomic E-state index is 12.3. The van der Waals surface area contributed by atoms with E-state index in [-0.39, 0.29) is 23.5 Å². The van der Waals surface area contributed by atoms with Crippen molar-refractivity contribution in [1.82, 2.24) is 15.1 Å². The lowest BCUT2D eigenvalue weighted by molar-refractivity contribution is 0.125. The minimum absolute atomic E-state index is 0.0202. The molecular weight excluding hydrogens is 302 g/mol. The lowest BCUT2D eigenvalue weighted by Gasteiger charge is -2.37. The van der Waals surface area contributed by atoms with Crippen molar-refractivity contribution >= 4 is 15.9 Å². The van der Waals surface area contributed by atoms with Crippen molar-refractivity contribution in [1.29, 1.82) is 0 Å². The number of carbonyl (C=O) groups is 1. The summed E-state index contributed by atoms with van der Waals surface area (Å²) in [6.07, 6.45) is 5.48. The number of urea groups is 1. The maximum Gasteiger partial charge on any atom is 0.317 e. The van der Waals surface area contributed by atoms with Crippen LogP contribution in [0, 0.1) is 5.92 Å². The lowest BCUT2D eigenvalue weighted by Crippen LogP contribution is -2.52. The van der Waals surface area contributed by atoms with E-state index in [0.29, 0.717) is 19.0 Å². The van der Waals surface area contributed by atoms with E-state index in [1.54, 1.807) is 0 Å². The Morgan fingerprint density at radius 3 is 2.55 bits per heavy atom. The van der Waals surface area contributed by atoms with Crippen molar-refractivity contribution in [3.05, 3.63) is 0 Å². The molecule has 3 fully saturated rings. The number of hydrogen-bond donors (Lipinski definition) is 1. The molecule has 0 saturated carbocycles. The van der Waals surface area contributed by atoms with Crippen LogP contribution < -0.4 is 5.32 Å². The summed E-state index contributed by atoms with van der Waals surface area (Å²) in [6, 6.07) is 0.488. The molecule has 6 nitrogen and oxygen atoms in total. The van der Waals surface area contributed by atoms with E-state index in [1.165, 1.54) is 32.4 Å². The van der Waals surface area contributed by atoms with Crippen LogP contribution in [0.3, 0.4) is 0 Å². The van der Waals surface area contributed by atoms with Gasteiger partial charge >= 0.3 is 6.03 Å². The highest BCUT2D eigenvalue weighted by Gasteiger charge is 2.31. The molecule has 3 aliphatic rings. The molecule has 2 atom stereocenters. The number of nitrogens with zero attached hydrogens (tertiary/aromatic N) is 2. The van der Waals surface area contributed by atoms with E-state index < -0.39 is 9.84 Å². The quantitative estimate of drug-likeness (QED) is 0.827. The molecule has 0 spiro atoms. The van der Waals surface area contributed by atoms with E-state index in [2.05, 4.69) is 10.2 Å². The van der Waals surface area contributed by atoms with Crippen LogP contribution in [0.1, 0.15) is 32.1 Å². The van der Waals surface area contributed by atoms with Crippen LogP contribution in [0.25, 0.3) is 0 Å². The summed E-state index contributed by atoms with van der Waals surface area (Å²) in [5, 5.41) is 2.95. The van der Waals surface area contributed by atoms with E-state index in [4.69, 9.17) is 0 Å². The summed E-state index contributed by atoms with van der Waals surface area (Å²) in [5.41, 5.74) is 0. The Labute approximate surface area is 133 Å². The smallest absolute Gasteiger partial charge is 0.317 e. The van der Waals surface area contributed by atoms with Crippen LogP contribution in [0.2, 0.25) is 0 Å². The third-order valence-electron chi connectivity index (χ3n) is 5.21. The maximum absolute atomic E-state index is 12.3. The Morgan fingerprint density at radius 1 is 1.09 bits per heavy atom. The first-order valence-electron chi connectivity index (χ1n) is 8.51. The van der Waals surface area contributed by atoms with Gasteiger partial charge in [0.2, 0.25) is 0 Å². The van der Waals surface area contributed by atoms with Gasteiger partial charge in [-0.1, -0.05) is 0 Å². The Hall–Kier alpha value is -0.820. The Bertz CT molecular complexity index is 502. The summed E-state index contributed by atoms with van der Waals surface area (Å²) in [4.78, 5) is 16.8. The predicted molar refractivity (Wildman–Crippen MR) is 85.6 cm³/mol. The Balaban J connectivity index is 1.45. The van der Waals surface area contributed by atoms with Crippen LogP contribution in [-0.4, -0.2) is 74.5 Å². The predicted octanol–water partition coefficient (Wildman–Crippen LogP) is 0.691. The molecule has 0 bridgehead atoms. The number of likely N-dealkylation sites (tertiary alicyclic amines) is 2.